The summed E-state index contributed by atoms with van der Waals surface area (Å²) in [5.41, 5.74) is 5.92. The van der Waals surface area contributed by atoms with Crippen LogP contribution in [0.4, 0.5) is 0 Å². The summed E-state index contributed by atoms with van der Waals surface area (Å²) in [6.45, 7) is 6.33. The quantitative estimate of drug-likeness (QED) is 0.457. The number of fused-ring (bicyclic) bond motifs is 1. The highest BCUT2D eigenvalue weighted by atomic mass is 32.2. The molecule has 0 N–H and O–H groups in total. The summed E-state index contributed by atoms with van der Waals surface area (Å²) >= 11 is 0. The fourth-order valence-corrected chi connectivity index (χ4v) is 5.92. The molecule has 0 radical (unpaired) electrons. The minimum absolute atomic E-state index is 0.205. The van der Waals surface area contributed by atoms with Crippen LogP contribution in [-0.4, -0.2) is 39.2 Å². The average molecular weight is 464 g/mol. The van der Waals surface area contributed by atoms with Crippen LogP contribution in [0.1, 0.15) is 27.9 Å². The van der Waals surface area contributed by atoms with Crippen molar-refractivity contribution in [3.05, 3.63) is 70.4 Å². The summed E-state index contributed by atoms with van der Waals surface area (Å²) in [5, 5.41) is 13.0. The predicted molar refractivity (Wildman–Crippen MR) is 124 cm³/mol. The Morgan fingerprint density at radius 2 is 1.64 bits per heavy atom. The molecule has 0 atom stereocenters. The molecule has 0 aliphatic carbocycles. The van der Waals surface area contributed by atoms with E-state index in [4.69, 9.17) is 4.42 Å². The molecule has 3 heterocycles. The van der Waals surface area contributed by atoms with E-state index in [1.807, 2.05) is 64.2 Å². The molecule has 8 nitrogen and oxygen atoms in total. The van der Waals surface area contributed by atoms with E-state index >= 15 is 0 Å². The molecule has 5 rings (SSSR count). The molecule has 0 fully saturated rings. The van der Waals surface area contributed by atoms with E-state index in [0.717, 1.165) is 33.5 Å². The normalized spacial score (nSPS) is 14.4. The second kappa shape index (κ2) is 7.93. The van der Waals surface area contributed by atoms with Crippen LogP contribution in [0, 0.1) is 20.8 Å². The zero-order chi connectivity index (χ0) is 23.3. The molecule has 4 aromatic rings. The van der Waals surface area contributed by atoms with E-state index in [1.54, 1.807) is 10.7 Å². The van der Waals surface area contributed by atoms with Crippen LogP contribution in [0.15, 0.2) is 51.8 Å². The van der Waals surface area contributed by atoms with Crippen molar-refractivity contribution in [1.82, 2.24) is 24.3 Å². The predicted octanol–water partition coefficient (Wildman–Crippen LogP) is 3.81. The first-order valence-electron chi connectivity index (χ1n) is 10.8. The maximum absolute atomic E-state index is 13.5. The molecule has 0 spiro atoms. The summed E-state index contributed by atoms with van der Waals surface area (Å²) in [6, 6.07) is 13.3. The van der Waals surface area contributed by atoms with Gasteiger partial charge in [-0.25, -0.2) is 8.42 Å². The first-order valence-corrected chi connectivity index (χ1v) is 12.2. The lowest BCUT2D eigenvalue weighted by molar-refractivity contribution is 0.385. The van der Waals surface area contributed by atoms with E-state index in [2.05, 4.69) is 15.3 Å². The molecule has 1 aliphatic rings. The number of sulfonamides is 1. The Bertz CT molecular complexity index is 1450. The Morgan fingerprint density at radius 3 is 2.39 bits per heavy atom. The molecule has 9 heteroatoms. The summed E-state index contributed by atoms with van der Waals surface area (Å²) in [7, 11) is -1.80. The Balaban J connectivity index is 1.51. The van der Waals surface area contributed by atoms with Gasteiger partial charge in [-0.15, -0.1) is 10.2 Å². The van der Waals surface area contributed by atoms with Gasteiger partial charge in [0.05, 0.1) is 4.90 Å². The van der Waals surface area contributed by atoms with E-state index in [-0.39, 0.29) is 12.4 Å². The van der Waals surface area contributed by atoms with Gasteiger partial charge in [-0.1, -0.05) is 29.8 Å². The second-order valence-electron chi connectivity index (χ2n) is 8.53. The molecule has 2 aromatic carbocycles. The molecular formula is C24H25N5O3S. The molecule has 0 saturated carbocycles. The highest BCUT2D eigenvalue weighted by Gasteiger charge is 2.34. The molecule has 0 bridgehead atoms. The van der Waals surface area contributed by atoms with Crippen molar-refractivity contribution in [2.45, 2.75) is 38.6 Å². The second-order valence-corrected chi connectivity index (χ2v) is 10.4. The van der Waals surface area contributed by atoms with E-state index in [0.29, 0.717) is 29.4 Å². The number of rotatable bonds is 4. The van der Waals surface area contributed by atoms with Crippen LogP contribution < -0.4 is 0 Å². The maximum atomic E-state index is 13.5. The zero-order valence-corrected chi connectivity index (χ0v) is 19.8. The maximum Gasteiger partial charge on any atom is 0.268 e. The number of nitrogens with zero attached hydrogens (tertiary/aromatic N) is 5. The van der Waals surface area contributed by atoms with Gasteiger partial charge in [0.2, 0.25) is 15.9 Å². The summed E-state index contributed by atoms with van der Waals surface area (Å²) in [4.78, 5) is 0.343. The third kappa shape index (κ3) is 3.77. The van der Waals surface area contributed by atoms with Crippen molar-refractivity contribution < 1.29 is 12.8 Å². The van der Waals surface area contributed by atoms with Gasteiger partial charge in [0.1, 0.15) is 0 Å². The number of aryl methyl sites for hydroxylation is 4. The van der Waals surface area contributed by atoms with Crippen LogP contribution in [0.2, 0.25) is 0 Å². The standard InChI is InChI=1S/C24H25N5O3S/c1-15-6-9-18(10-7-15)23-25-26-24(32-23)22-19-14-29(12-11-20(19)28(4)27-22)33(30,31)21-13-16(2)5-8-17(21)3/h5-10,13H,11-12,14H2,1-4H3. The Kier molecular flexibility index (Phi) is 5.18. The van der Waals surface area contributed by atoms with Crippen molar-refractivity contribution in [2.24, 2.45) is 7.05 Å². The van der Waals surface area contributed by atoms with Crippen LogP contribution in [0.25, 0.3) is 23.0 Å². The largest absolute Gasteiger partial charge is 0.415 e. The summed E-state index contributed by atoms with van der Waals surface area (Å²) < 4.78 is 36.2. The smallest absolute Gasteiger partial charge is 0.268 e. The van der Waals surface area contributed by atoms with Crippen LogP contribution in [-0.2, 0) is 30.0 Å². The van der Waals surface area contributed by atoms with Crippen molar-refractivity contribution >= 4 is 10.0 Å². The lowest BCUT2D eigenvalue weighted by Gasteiger charge is -2.27. The average Bonchev–Trinajstić information content (AvgIpc) is 3.40. The fraction of sp³-hybridized carbons (Fsp3) is 0.292. The first kappa shape index (κ1) is 21.5. The molecule has 0 amide bonds. The van der Waals surface area contributed by atoms with Gasteiger partial charge in [0.15, 0.2) is 5.69 Å². The molecule has 33 heavy (non-hydrogen) atoms. The Labute approximate surface area is 192 Å². The lowest BCUT2D eigenvalue weighted by Crippen LogP contribution is -2.36. The molecule has 0 unspecified atom stereocenters. The number of aromatic nitrogens is 4. The topological polar surface area (TPSA) is 94.1 Å². The van der Waals surface area contributed by atoms with Crippen LogP contribution in [0.5, 0.6) is 0 Å². The lowest BCUT2D eigenvalue weighted by atomic mass is 10.1. The monoisotopic (exact) mass is 463 g/mol. The number of hydrogen-bond donors (Lipinski definition) is 0. The van der Waals surface area contributed by atoms with E-state index < -0.39 is 10.0 Å². The summed E-state index contributed by atoms with van der Waals surface area (Å²) in [6.07, 6.45) is 0.557. The third-order valence-electron chi connectivity index (χ3n) is 6.09. The SMILES string of the molecule is Cc1ccc(-c2nnc(-c3nn(C)c4c3CN(S(=O)(=O)c3cc(C)ccc3C)CC4)o2)cc1. The van der Waals surface area contributed by atoms with Crippen LogP contribution >= 0.6 is 0 Å². The molecule has 2 aromatic heterocycles. The molecule has 1 aliphatic heterocycles. The summed E-state index contributed by atoms with van der Waals surface area (Å²) in [5.74, 6) is 0.688. The minimum Gasteiger partial charge on any atom is -0.415 e. The van der Waals surface area contributed by atoms with E-state index in [9.17, 15) is 8.42 Å². The number of benzene rings is 2. The third-order valence-corrected chi connectivity index (χ3v) is 8.08. The van der Waals surface area contributed by atoms with Gasteiger partial charge in [0, 0.05) is 43.4 Å². The Hall–Kier alpha value is -3.30. The van der Waals surface area contributed by atoms with Gasteiger partial charge in [0.25, 0.3) is 5.89 Å². The molecular weight excluding hydrogens is 438 g/mol. The van der Waals surface area contributed by atoms with Gasteiger partial charge in [-0.3, -0.25) is 4.68 Å². The molecule has 0 saturated heterocycles. The highest BCUT2D eigenvalue weighted by molar-refractivity contribution is 7.89. The minimum atomic E-state index is -3.66. The molecule has 170 valence electrons. The Morgan fingerprint density at radius 1 is 0.939 bits per heavy atom. The van der Waals surface area contributed by atoms with Crippen molar-refractivity contribution in [2.75, 3.05) is 6.54 Å². The van der Waals surface area contributed by atoms with Crippen molar-refractivity contribution in [1.29, 1.82) is 0 Å². The van der Waals surface area contributed by atoms with Crippen LogP contribution in [0.3, 0.4) is 0 Å². The van der Waals surface area contributed by atoms with Crippen molar-refractivity contribution in [3.63, 3.8) is 0 Å². The highest BCUT2D eigenvalue weighted by Crippen LogP contribution is 2.33. The fourth-order valence-electron chi connectivity index (χ4n) is 4.20. The zero-order valence-electron chi connectivity index (χ0n) is 19.0. The van der Waals surface area contributed by atoms with Gasteiger partial charge in [-0.2, -0.15) is 9.40 Å². The van der Waals surface area contributed by atoms with Gasteiger partial charge < -0.3 is 4.42 Å². The van der Waals surface area contributed by atoms with Gasteiger partial charge in [-0.05, 0) is 50.1 Å². The van der Waals surface area contributed by atoms with Gasteiger partial charge >= 0.3 is 0 Å². The van der Waals surface area contributed by atoms with E-state index in [1.165, 1.54) is 4.31 Å². The number of hydrogen-bond acceptors (Lipinski definition) is 6. The van der Waals surface area contributed by atoms with Crippen molar-refractivity contribution in [3.8, 4) is 23.0 Å². The first-order chi connectivity index (χ1) is 15.7.